The first-order valence-corrected chi connectivity index (χ1v) is 20.3. The average Bonchev–Trinajstić information content (AvgIpc) is 3.05. The third-order valence-electron chi connectivity index (χ3n) is 7.76. The molecule has 2 atom stereocenters. The number of hydrogen-bond donors (Lipinski definition) is 3. The van der Waals surface area contributed by atoms with Crippen molar-refractivity contribution in [3.05, 3.63) is 60.9 Å². The predicted octanol–water partition coefficient (Wildman–Crippen LogP) is 10.7. The molecule has 0 aromatic rings. The van der Waals surface area contributed by atoms with Gasteiger partial charge in [0.05, 0.1) is 19.0 Å². The van der Waals surface area contributed by atoms with Crippen molar-refractivity contribution in [1.82, 2.24) is 0 Å². The Balaban J connectivity index is 4.05. The minimum Gasteiger partial charge on any atom is -0.492 e. The van der Waals surface area contributed by atoms with Crippen LogP contribution < -0.4 is 0 Å². The minimum absolute atomic E-state index is 0.147. The molecule has 0 rings (SSSR count). The average molecular weight is 697 g/mol. The molecule has 0 aromatic heterocycles. The van der Waals surface area contributed by atoms with Crippen molar-refractivity contribution >= 4 is 13.8 Å². The Bertz CT molecular complexity index is 921. The van der Waals surface area contributed by atoms with Gasteiger partial charge < -0.3 is 24.4 Å². The molecule has 0 saturated carbocycles. The number of aliphatic hydroxyl groups is 1. The highest BCUT2D eigenvalue weighted by atomic mass is 31.2. The van der Waals surface area contributed by atoms with Crippen molar-refractivity contribution in [2.45, 2.75) is 167 Å². The fourth-order valence-electron chi connectivity index (χ4n) is 4.88. The Hall–Kier alpha value is -1.96. The summed E-state index contributed by atoms with van der Waals surface area (Å²) < 4.78 is 26.6. The molecule has 0 saturated heterocycles. The van der Waals surface area contributed by atoms with Crippen molar-refractivity contribution in [3.8, 4) is 0 Å². The molecule has 278 valence electrons. The summed E-state index contributed by atoms with van der Waals surface area (Å²) in [5.74, 6) is -0.386. The number of ether oxygens (including phenoxy) is 2. The first-order valence-electron chi connectivity index (χ1n) is 18.8. The van der Waals surface area contributed by atoms with E-state index in [1.807, 2.05) is 36.5 Å². The van der Waals surface area contributed by atoms with Gasteiger partial charge in [0, 0.05) is 6.42 Å². The number of unbranched alkanes of at least 4 members (excludes halogenated alkanes) is 15. The maximum atomic E-state index is 12.2. The van der Waals surface area contributed by atoms with Crippen LogP contribution in [0.2, 0.25) is 0 Å². The zero-order valence-electron chi connectivity index (χ0n) is 30.2. The zero-order valence-corrected chi connectivity index (χ0v) is 31.1. The number of phosphoric ester groups is 1. The van der Waals surface area contributed by atoms with Gasteiger partial charge in [-0.15, -0.1) is 0 Å². The summed E-state index contributed by atoms with van der Waals surface area (Å²) in [7, 11) is -4.66. The molecule has 48 heavy (non-hydrogen) atoms. The standard InChI is InChI=1S/C39H69O8P/c1-3-5-7-8-9-10-11-12-13-17-20-23-26-30-34-45-38(36-47-48(42,43)44)35-46-39(41)33-29-25-22-19-16-14-15-18-21-24-28-32-37(40)31-27-6-4-2/h14-15,19,21-22,24,28,30,32,34,37-38,40H,3-13,16-18,20,23,25-27,29,31,33,35-36H2,1-2H3,(H2,42,43,44)/b15-14-,22-19-,24-21-,32-28+,34-30+/t37-,38-/m1/s1. The first-order chi connectivity index (χ1) is 23.3. The summed E-state index contributed by atoms with van der Waals surface area (Å²) in [5, 5.41) is 9.85. The first kappa shape index (κ1) is 46.0. The van der Waals surface area contributed by atoms with E-state index in [4.69, 9.17) is 19.3 Å². The van der Waals surface area contributed by atoms with Gasteiger partial charge in [0.1, 0.15) is 6.61 Å². The molecule has 0 fully saturated rings. The second-order valence-corrected chi connectivity index (χ2v) is 13.7. The SMILES string of the molecule is CCCCCCCCCCCCCC/C=C/O[C@H](COC(=O)CCC/C=C\C/C=C\C/C=C\C=C\[C@H](O)CCCCC)COP(=O)(O)O. The van der Waals surface area contributed by atoms with Gasteiger partial charge in [-0.1, -0.05) is 152 Å². The third kappa shape index (κ3) is 36.9. The quantitative estimate of drug-likeness (QED) is 0.0152. The number of allylic oxidation sites excluding steroid dienone is 8. The number of esters is 1. The van der Waals surface area contributed by atoms with E-state index in [9.17, 15) is 14.5 Å². The Labute approximate surface area is 293 Å². The van der Waals surface area contributed by atoms with Gasteiger partial charge in [-0.3, -0.25) is 9.32 Å². The van der Waals surface area contributed by atoms with Crippen LogP contribution >= 0.6 is 7.82 Å². The van der Waals surface area contributed by atoms with E-state index in [-0.39, 0.29) is 31.7 Å². The van der Waals surface area contributed by atoms with E-state index < -0.39 is 13.9 Å². The van der Waals surface area contributed by atoms with Crippen LogP contribution in [0.4, 0.5) is 0 Å². The van der Waals surface area contributed by atoms with Gasteiger partial charge in [-0.2, -0.15) is 0 Å². The van der Waals surface area contributed by atoms with Crippen molar-refractivity contribution in [2.24, 2.45) is 0 Å². The number of carbonyl (C=O) groups is 1. The summed E-state index contributed by atoms with van der Waals surface area (Å²) >= 11 is 0. The molecule has 0 unspecified atom stereocenters. The maximum Gasteiger partial charge on any atom is 0.469 e. The van der Waals surface area contributed by atoms with Gasteiger partial charge >= 0.3 is 13.8 Å². The van der Waals surface area contributed by atoms with Gasteiger partial charge in [0.25, 0.3) is 0 Å². The second-order valence-electron chi connectivity index (χ2n) is 12.5. The van der Waals surface area contributed by atoms with Crippen LogP contribution in [0.25, 0.3) is 0 Å². The highest BCUT2D eigenvalue weighted by Crippen LogP contribution is 2.35. The Morgan fingerprint density at radius 2 is 1.23 bits per heavy atom. The fourth-order valence-corrected chi connectivity index (χ4v) is 5.24. The lowest BCUT2D eigenvalue weighted by Gasteiger charge is -2.17. The highest BCUT2D eigenvalue weighted by Gasteiger charge is 2.20. The smallest absolute Gasteiger partial charge is 0.469 e. The van der Waals surface area contributed by atoms with Gasteiger partial charge in [-0.05, 0) is 51.0 Å². The van der Waals surface area contributed by atoms with E-state index in [1.165, 1.54) is 70.5 Å². The van der Waals surface area contributed by atoms with Crippen molar-refractivity contribution in [1.29, 1.82) is 0 Å². The van der Waals surface area contributed by atoms with Crippen LogP contribution in [-0.2, 0) is 23.4 Å². The Morgan fingerprint density at radius 3 is 1.88 bits per heavy atom. The maximum absolute atomic E-state index is 12.2. The number of aliphatic hydroxyl groups excluding tert-OH is 1. The normalized spacial score (nSPS) is 13.9. The largest absolute Gasteiger partial charge is 0.492 e. The van der Waals surface area contributed by atoms with E-state index in [0.29, 0.717) is 6.42 Å². The number of hydrogen-bond acceptors (Lipinski definition) is 6. The van der Waals surface area contributed by atoms with E-state index in [2.05, 4.69) is 36.6 Å². The summed E-state index contributed by atoms with van der Waals surface area (Å²) in [6, 6.07) is 0. The molecule has 3 N–H and O–H groups in total. The van der Waals surface area contributed by atoms with Crippen molar-refractivity contribution < 1.29 is 38.3 Å². The van der Waals surface area contributed by atoms with E-state index in [1.54, 1.807) is 0 Å². The van der Waals surface area contributed by atoms with Crippen LogP contribution in [0.15, 0.2) is 60.9 Å². The number of rotatable bonds is 34. The number of phosphoric acid groups is 1. The summed E-state index contributed by atoms with van der Waals surface area (Å²) in [6.07, 6.45) is 42.1. The second kappa shape index (κ2) is 34.9. The van der Waals surface area contributed by atoms with Gasteiger partial charge in [-0.25, -0.2) is 4.57 Å². The fraction of sp³-hybridized carbons (Fsp3) is 0.718. The molecule has 0 bridgehead atoms. The summed E-state index contributed by atoms with van der Waals surface area (Å²) in [4.78, 5) is 30.3. The number of carbonyl (C=O) groups excluding carboxylic acids is 1. The molecule has 0 spiro atoms. The minimum atomic E-state index is -4.66. The Morgan fingerprint density at radius 1 is 0.667 bits per heavy atom. The molecule has 0 amide bonds. The molecule has 0 aromatic carbocycles. The lowest BCUT2D eigenvalue weighted by molar-refractivity contribution is -0.147. The topological polar surface area (TPSA) is 123 Å². The van der Waals surface area contributed by atoms with Crippen LogP contribution in [0.1, 0.15) is 155 Å². The molecular formula is C39H69O8P. The van der Waals surface area contributed by atoms with Crippen LogP contribution in [0.3, 0.4) is 0 Å². The van der Waals surface area contributed by atoms with E-state index >= 15 is 0 Å². The lowest BCUT2D eigenvalue weighted by atomic mass is 10.0. The zero-order chi connectivity index (χ0) is 35.4. The molecule has 0 aliphatic rings. The third-order valence-corrected chi connectivity index (χ3v) is 8.25. The summed E-state index contributed by atoms with van der Waals surface area (Å²) in [5.41, 5.74) is 0. The lowest BCUT2D eigenvalue weighted by Crippen LogP contribution is -2.25. The molecule has 0 aliphatic carbocycles. The van der Waals surface area contributed by atoms with Crippen molar-refractivity contribution in [2.75, 3.05) is 13.2 Å². The van der Waals surface area contributed by atoms with Crippen LogP contribution in [0.5, 0.6) is 0 Å². The molecule has 8 nitrogen and oxygen atoms in total. The van der Waals surface area contributed by atoms with E-state index in [0.717, 1.165) is 64.2 Å². The summed E-state index contributed by atoms with van der Waals surface area (Å²) in [6.45, 7) is 3.87. The van der Waals surface area contributed by atoms with Gasteiger partial charge in [0.15, 0.2) is 6.10 Å². The molecular weight excluding hydrogens is 627 g/mol. The molecule has 0 aliphatic heterocycles. The Kier molecular flexibility index (Phi) is 33.5. The highest BCUT2D eigenvalue weighted by molar-refractivity contribution is 7.46. The molecule has 9 heteroatoms. The molecule has 0 heterocycles. The molecule has 0 radical (unpaired) electrons. The van der Waals surface area contributed by atoms with Crippen LogP contribution in [-0.4, -0.2) is 46.3 Å². The van der Waals surface area contributed by atoms with Gasteiger partial charge in [0.2, 0.25) is 0 Å². The van der Waals surface area contributed by atoms with Crippen molar-refractivity contribution in [3.63, 3.8) is 0 Å². The van der Waals surface area contributed by atoms with Crippen LogP contribution in [0, 0.1) is 0 Å². The predicted molar refractivity (Wildman–Crippen MR) is 198 cm³/mol. The monoisotopic (exact) mass is 696 g/mol.